The average molecular weight is 428 g/mol. The van der Waals surface area contributed by atoms with Gasteiger partial charge in [0.15, 0.2) is 5.69 Å². The number of carbonyl (C=O) groups is 2. The molecule has 0 fully saturated rings. The van der Waals surface area contributed by atoms with E-state index in [1.807, 2.05) is 6.07 Å². The number of fused-ring (bicyclic) bond motifs is 3. The highest BCUT2D eigenvalue weighted by Crippen LogP contribution is 2.31. The van der Waals surface area contributed by atoms with Gasteiger partial charge in [-0.15, -0.1) is 0 Å². The van der Waals surface area contributed by atoms with Crippen LogP contribution in [0.4, 0.5) is 0 Å². The van der Waals surface area contributed by atoms with Crippen LogP contribution in [0, 0.1) is 0 Å². The summed E-state index contributed by atoms with van der Waals surface area (Å²) in [6, 6.07) is 10.2. The topological polar surface area (TPSA) is 93.9 Å². The van der Waals surface area contributed by atoms with Crippen molar-refractivity contribution in [2.45, 2.75) is 13.1 Å². The number of amides is 1. The zero-order valence-electron chi connectivity index (χ0n) is 16.3. The predicted octanol–water partition coefficient (Wildman–Crippen LogP) is 3.40. The molecule has 3 aromatic rings. The molecule has 1 N–H and O–H groups in total. The average Bonchev–Trinajstić information content (AvgIpc) is 3.12. The van der Waals surface area contributed by atoms with Gasteiger partial charge in [0.05, 0.1) is 44.3 Å². The number of ether oxygens (including phenoxy) is 2. The van der Waals surface area contributed by atoms with Gasteiger partial charge in [-0.3, -0.25) is 9.36 Å². The van der Waals surface area contributed by atoms with E-state index in [2.05, 4.69) is 4.98 Å². The summed E-state index contributed by atoms with van der Waals surface area (Å²) in [6.45, 7) is 0.254. The molecule has 1 aromatic heterocycles. The summed E-state index contributed by atoms with van der Waals surface area (Å²) in [5.74, 6) is -0.244. The lowest BCUT2D eigenvalue weighted by Crippen LogP contribution is -2.30. The smallest absolute Gasteiger partial charge is 0.356 e. The number of methoxy groups -OCH3 is 2. The molecule has 1 aliphatic heterocycles. The normalized spacial score (nSPS) is 12.8. The van der Waals surface area contributed by atoms with Crippen molar-refractivity contribution in [3.05, 3.63) is 70.3 Å². The Morgan fingerprint density at radius 2 is 2.00 bits per heavy atom. The zero-order chi connectivity index (χ0) is 21.4. The summed E-state index contributed by atoms with van der Waals surface area (Å²) >= 11 is 6.14. The Kier molecular flexibility index (Phi) is 5.09. The molecule has 0 bridgehead atoms. The van der Waals surface area contributed by atoms with Crippen LogP contribution in [0.5, 0.6) is 11.5 Å². The van der Waals surface area contributed by atoms with Gasteiger partial charge < -0.3 is 19.5 Å². The van der Waals surface area contributed by atoms with Crippen LogP contribution in [-0.4, -0.2) is 45.7 Å². The highest BCUT2D eigenvalue weighted by Gasteiger charge is 2.30. The maximum absolute atomic E-state index is 13.4. The van der Waals surface area contributed by atoms with Crippen LogP contribution in [0.1, 0.15) is 32.1 Å². The molecule has 4 rings (SSSR count). The highest BCUT2D eigenvalue weighted by atomic mass is 35.5. The summed E-state index contributed by atoms with van der Waals surface area (Å²) in [7, 11) is 3.09. The molecule has 154 valence electrons. The van der Waals surface area contributed by atoms with Gasteiger partial charge in [-0.05, 0) is 30.3 Å². The highest BCUT2D eigenvalue weighted by molar-refractivity contribution is 6.31. The lowest BCUT2D eigenvalue weighted by Gasteiger charge is -2.22. The second-order valence-corrected chi connectivity index (χ2v) is 7.15. The van der Waals surface area contributed by atoms with Crippen LogP contribution in [0.2, 0.25) is 5.02 Å². The van der Waals surface area contributed by atoms with E-state index < -0.39 is 5.97 Å². The molecule has 2 aromatic carbocycles. The Balaban J connectivity index is 1.83. The number of hydrogen-bond donors (Lipinski definition) is 1. The zero-order valence-corrected chi connectivity index (χ0v) is 17.0. The molecule has 1 aliphatic rings. The van der Waals surface area contributed by atoms with E-state index in [-0.39, 0.29) is 24.7 Å². The van der Waals surface area contributed by atoms with Gasteiger partial charge in [0.2, 0.25) is 0 Å². The van der Waals surface area contributed by atoms with Gasteiger partial charge in [-0.25, -0.2) is 9.78 Å². The van der Waals surface area contributed by atoms with Gasteiger partial charge in [0.25, 0.3) is 5.91 Å². The molecule has 0 saturated heterocycles. The van der Waals surface area contributed by atoms with Crippen molar-refractivity contribution in [1.29, 1.82) is 0 Å². The Morgan fingerprint density at radius 3 is 2.70 bits per heavy atom. The number of carboxylic acid groups (broad SMARTS) is 1. The van der Waals surface area contributed by atoms with Gasteiger partial charge >= 0.3 is 5.97 Å². The number of hydrogen-bond acceptors (Lipinski definition) is 5. The first kappa shape index (κ1) is 19.8. The Bertz CT molecular complexity index is 1160. The molecule has 2 heterocycles. The van der Waals surface area contributed by atoms with E-state index >= 15 is 0 Å². The van der Waals surface area contributed by atoms with Crippen molar-refractivity contribution in [3.8, 4) is 17.2 Å². The predicted molar refractivity (Wildman–Crippen MR) is 109 cm³/mol. The molecule has 30 heavy (non-hydrogen) atoms. The van der Waals surface area contributed by atoms with Gasteiger partial charge in [-0.2, -0.15) is 0 Å². The fourth-order valence-electron chi connectivity index (χ4n) is 3.54. The number of imidazole rings is 1. The number of aromatic nitrogens is 2. The van der Waals surface area contributed by atoms with Crippen molar-refractivity contribution in [2.75, 3.05) is 14.2 Å². The van der Waals surface area contributed by atoms with Crippen LogP contribution >= 0.6 is 11.6 Å². The summed E-state index contributed by atoms with van der Waals surface area (Å²) in [5, 5.41) is 9.97. The lowest BCUT2D eigenvalue weighted by molar-refractivity contribution is 0.0675. The summed E-state index contributed by atoms with van der Waals surface area (Å²) in [4.78, 5) is 30.7. The minimum absolute atomic E-state index is 0.0575. The molecular weight excluding hydrogens is 410 g/mol. The SMILES string of the molecule is COc1ccc(CN2Cc3c(C(=O)O)ncn3-c3ccc(Cl)cc3C2=O)c(OC)c1. The molecule has 0 atom stereocenters. The third-order valence-electron chi connectivity index (χ3n) is 5.00. The van der Waals surface area contributed by atoms with E-state index in [1.54, 1.807) is 46.9 Å². The summed E-state index contributed by atoms with van der Waals surface area (Å²) < 4.78 is 12.3. The van der Waals surface area contributed by atoms with Crippen molar-refractivity contribution in [1.82, 2.24) is 14.5 Å². The fraction of sp³-hybridized carbons (Fsp3) is 0.190. The van der Waals surface area contributed by atoms with Crippen LogP contribution < -0.4 is 9.47 Å². The van der Waals surface area contributed by atoms with Crippen molar-refractivity contribution in [2.24, 2.45) is 0 Å². The van der Waals surface area contributed by atoms with Gasteiger partial charge in [0, 0.05) is 16.7 Å². The minimum atomic E-state index is -1.16. The molecule has 0 saturated carbocycles. The number of halogens is 1. The van der Waals surface area contributed by atoms with E-state index in [1.165, 1.54) is 13.4 Å². The van der Waals surface area contributed by atoms with Crippen LogP contribution in [0.3, 0.4) is 0 Å². The van der Waals surface area contributed by atoms with Crippen molar-refractivity contribution in [3.63, 3.8) is 0 Å². The largest absolute Gasteiger partial charge is 0.497 e. The number of rotatable bonds is 5. The Labute approximate surface area is 177 Å². The minimum Gasteiger partial charge on any atom is -0.497 e. The second-order valence-electron chi connectivity index (χ2n) is 6.72. The molecule has 1 amide bonds. The number of nitrogens with zero attached hydrogens (tertiary/aromatic N) is 3. The number of carboxylic acids is 1. The first-order valence-corrected chi connectivity index (χ1v) is 9.40. The Hall–Kier alpha value is -3.52. The van der Waals surface area contributed by atoms with E-state index in [0.29, 0.717) is 33.5 Å². The molecule has 0 spiro atoms. The van der Waals surface area contributed by atoms with E-state index in [0.717, 1.165) is 5.56 Å². The monoisotopic (exact) mass is 427 g/mol. The van der Waals surface area contributed by atoms with Gasteiger partial charge in [-0.1, -0.05) is 11.6 Å². The van der Waals surface area contributed by atoms with Crippen molar-refractivity contribution >= 4 is 23.5 Å². The van der Waals surface area contributed by atoms with Crippen molar-refractivity contribution < 1.29 is 24.2 Å². The number of carbonyl (C=O) groups excluding carboxylic acids is 1. The molecule has 0 unspecified atom stereocenters. The fourth-order valence-corrected chi connectivity index (χ4v) is 3.71. The van der Waals surface area contributed by atoms with Crippen LogP contribution in [0.25, 0.3) is 5.69 Å². The van der Waals surface area contributed by atoms with Crippen LogP contribution in [0.15, 0.2) is 42.7 Å². The second kappa shape index (κ2) is 7.72. The Morgan fingerprint density at radius 1 is 1.20 bits per heavy atom. The first-order valence-electron chi connectivity index (χ1n) is 9.02. The summed E-state index contributed by atoms with van der Waals surface area (Å²) in [5.41, 5.74) is 1.95. The third kappa shape index (κ3) is 3.35. The maximum atomic E-state index is 13.4. The number of aromatic carboxylic acids is 1. The van der Waals surface area contributed by atoms with Gasteiger partial charge in [0.1, 0.15) is 17.8 Å². The number of benzene rings is 2. The van der Waals surface area contributed by atoms with Crippen LogP contribution in [-0.2, 0) is 13.1 Å². The first-order chi connectivity index (χ1) is 14.4. The summed E-state index contributed by atoms with van der Waals surface area (Å²) in [6.07, 6.45) is 1.41. The van der Waals surface area contributed by atoms with E-state index in [4.69, 9.17) is 21.1 Å². The molecule has 9 heteroatoms. The molecule has 8 nitrogen and oxygen atoms in total. The molecule has 0 radical (unpaired) electrons. The maximum Gasteiger partial charge on any atom is 0.356 e. The lowest BCUT2D eigenvalue weighted by atomic mass is 10.1. The quantitative estimate of drug-likeness (QED) is 0.670. The van der Waals surface area contributed by atoms with E-state index in [9.17, 15) is 14.7 Å². The third-order valence-corrected chi connectivity index (χ3v) is 5.24. The molecular formula is C21H18ClN3O5. The standard InChI is InChI=1S/C21H18ClN3O5/c1-29-14-5-3-12(18(8-14)30-2)9-24-10-17-19(21(27)28)23-11-25(17)16-6-4-13(22)7-15(16)20(24)26/h3-8,11H,9-10H2,1-2H3,(H,27,28). The molecule has 0 aliphatic carbocycles.